The predicted octanol–water partition coefficient (Wildman–Crippen LogP) is 2.83. The van der Waals surface area contributed by atoms with E-state index in [-0.39, 0.29) is 23.9 Å². The van der Waals surface area contributed by atoms with Gasteiger partial charge in [0.1, 0.15) is 5.76 Å². The van der Waals surface area contributed by atoms with E-state index in [2.05, 4.69) is 22.7 Å². The largest absolute Gasteiger partial charge is 0.361 e. The van der Waals surface area contributed by atoms with Crippen LogP contribution in [-0.4, -0.2) is 29.1 Å². The first-order valence-corrected chi connectivity index (χ1v) is 9.13. The first-order valence-electron chi connectivity index (χ1n) is 9.13. The van der Waals surface area contributed by atoms with Crippen molar-refractivity contribution < 1.29 is 14.1 Å². The van der Waals surface area contributed by atoms with Crippen LogP contribution in [-0.2, 0) is 11.2 Å². The molecule has 0 bridgehead atoms. The van der Waals surface area contributed by atoms with Gasteiger partial charge in [-0.1, -0.05) is 32.3 Å². The highest BCUT2D eigenvalue weighted by Crippen LogP contribution is 2.27. The highest BCUT2D eigenvalue weighted by molar-refractivity contribution is 5.92. The molecule has 2 rings (SSSR count). The number of hydrogen-bond acceptors (Lipinski definition) is 4. The number of carbonyl (C=O) groups excluding carboxylic acids is 2. The third-order valence-corrected chi connectivity index (χ3v) is 4.81. The molecule has 1 fully saturated rings. The molecule has 0 aliphatic heterocycles. The van der Waals surface area contributed by atoms with E-state index in [1.54, 1.807) is 6.07 Å². The molecule has 0 unspecified atom stereocenters. The van der Waals surface area contributed by atoms with Crippen LogP contribution in [0.25, 0.3) is 0 Å². The molecule has 1 aliphatic rings. The van der Waals surface area contributed by atoms with Crippen molar-refractivity contribution in [1.82, 2.24) is 15.8 Å². The van der Waals surface area contributed by atoms with E-state index in [0.29, 0.717) is 18.0 Å². The second kappa shape index (κ2) is 8.85. The maximum atomic E-state index is 12.3. The molecule has 0 saturated heterocycles. The van der Waals surface area contributed by atoms with Crippen LogP contribution in [0, 0.1) is 5.92 Å². The van der Waals surface area contributed by atoms with Crippen LogP contribution in [0.4, 0.5) is 0 Å². The Morgan fingerprint density at radius 1 is 1.25 bits per heavy atom. The lowest BCUT2D eigenvalue weighted by molar-refractivity contribution is -0.122. The third-order valence-electron chi connectivity index (χ3n) is 4.81. The quantitative estimate of drug-likeness (QED) is 0.802. The van der Waals surface area contributed by atoms with Crippen LogP contribution in [0.2, 0.25) is 0 Å². The normalized spacial score (nSPS) is 23.7. The van der Waals surface area contributed by atoms with Crippen molar-refractivity contribution in [1.29, 1.82) is 0 Å². The van der Waals surface area contributed by atoms with E-state index in [9.17, 15) is 9.59 Å². The average Bonchev–Trinajstić information content (AvgIpc) is 3.05. The van der Waals surface area contributed by atoms with Crippen LogP contribution < -0.4 is 10.6 Å². The van der Waals surface area contributed by atoms with E-state index in [4.69, 9.17) is 4.52 Å². The van der Waals surface area contributed by atoms with Crippen molar-refractivity contribution in [3.05, 3.63) is 17.5 Å². The number of amides is 2. The van der Waals surface area contributed by atoms with Gasteiger partial charge < -0.3 is 15.2 Å². The summed E-state index contributed by atoms with van der Waals surface area (Å²) in [5.74, 6) is 1.05. The van der Waals surface area contributed by atoms with Crippen molar-refractivity contribution in [2.24, 2.45) is 5.92 Å². The van der Waals surface area contributed by atoms with Crippen molar-refractivity contribution in [2.45, 2.75) is 77.8 Å². The number of aromatic nitrogens is 1. The molecule has 24 heavy (non-hydrogen) atoms. The molecular formula is C18H29N3O3. The Bertz CT molecular complexity index is 555. The molecular weight excluding hydrogens is 306 g/mol. The molecule has 1 aromatic rings. The Morgan fingerprint density at radius 2 is 2.04 bits per heavy atom. The van der Waals surface area contributed by atoms with E-state index in [1.165, 1.54) is 0 Å². The van der Waals surface area contributed by atoms with Gasteiger partial charge in [0.2, 0.25) is 5.91 Å². The molecule has 0 spiro atoms. The molecule has 3 atom stereocenters. The summed E-state index contributed by atoms with van der Waals surface area (Å²) in [5, 5.41) is 10.1. The lowest BCUT2D eigenvalue weighted by Gasteiger charge is -2.36. The van der Waals surface area contributed by atoms with Crippen LogP contribution in [0.5, 0.6) is 0 Å². The Labute approximate surface area is 143 Å². The minimum Gasteiger partial charge on any atom is -0.361 e. The first kappa shape index (κ1) is 18.5. The number of hydrogen-bond donors (Lipinski definition) is 2. The number of aryl methyl sites for hydroxylation is 1. The summed E-state index contributed by atoms with van der Waals surface area (Å²) >= 11 is 0. The SMILES string of the molecule is CCCC(=O)N[C@H]1CC[C@H](NC(=O)c2cc(CC)on2)[C@H](CC)C1. The molecule has 6 heteroatoms. The van der Waals surface area contributed by atoms with E-state index >= 15 is 0 Å². The molecule has 6 nitrogen and oxygen atoms in total. The maximum absolute atomic E-state index is 12.3. The van der Waals surface area contributed by atoms with Gasteiger partial charge in [-0.15, -0.1) is 0 Å². The second-order valence-corrected chi connectivity index (χ2v) is 6.61. The molecule has 2 amide bonds. The third kappa shape index (κ3) is 4.82. The van der Waals surface area contributed by atoms with Gasteiger partial charge in [-0.3, -0.25) is 9.59 Å². The summed E-state index contributed by atoms with van der Waals surface area (Å²) in [4.78, 5) is 24.1. The number of nitrogens with zero attached hydrogens (tertiary/aromatic N) is 1. The van der Waals surface area contributed by atoms with Gasteiger partial charge in [-0.2, -0.15) is 0 Å². The summed E-state index contributed by atoms with van der Waals surface area (Å²) in [5.41, 5.74) is 0.347. The standard InChI is InChI=1S/C18H29N3O3/c1-4-7-17(22)19-13-8-9-15(12(5-2)10-13)20-18(23)16-11-14(6-3)24-21-16/h11-13,15H,4-10H2,1-3H3,(H,19,22)(H,20,23)/t12-,13+,15+/m1/s1. The Hall–Kier alpha value is -1.85. The zero-order valence-electron chi connectivity index (χ0n) is 14.9. The van der Waals surface area contributed by atoms with Gasteiger partial charge in [0.25, 0.3) is 5.91 Å². The highest BCUT2D eigenvalue weighted by Gasteiger charge is 2.31. The summed E-state index contributed by atoms with van der Waals surface area (Å²) in [6.45, 7) is 6.10. The monoisotopic (exact) mass is 335 g/mol. The van der Waals surface area contributed by atoms with Gasteiger partial charge in [0, 0.05) is 31.0 Å². The minimum absolute atomic E-state index is 0.128. The zero-order valence-corrected chi connectivity index (χ0v) is 14.9. The summed E-state index contributed by atoms with van der Waals surface area (Å²) < 4.78 is 5.10. The molecule has 0 aromatic carbocycles. The number of rotatable bonds is 7. The number of nitrogens with one attached hydrogen (secondary N) is 2. The summed E-state index contributed by atoms with van der Waals surface area (Å²) in [6, 6.07) is 2.05. The molecule has 2 N–H and O–H groups in total. The Morgan fingerprint density at radius 3 is 2.67 bits per heavy atom. The van der Waals surface area contributed by atoms with E-state index < -0.39 is 0 Å². The predicted molar refractivity (Wildman–Crippen MR) is 91.6 cm³/mol. The topological polar surface area (TPSA) is 84.2 Å². The van der Waals surface area contributed by atoms with Crippen molar-refractivity contribution in [3.8, 4) is 0 Å². The van der Waals surface area contributed by atoms with E-state index in [0.717, 1.165) is 44.3 Å². The second-order valence-electron chi connectivity index (χ2n) is 6.61. The average molecular weight is 335 g/mol. The van der Waals surface area contributed by atoms with Crippen LogP contribution in [0.1, 0.15) is 75.5 Å². The summed E-state index contributed by atoms with van der Waals surface area (Å²) in [7, 11) is 0. The molecule has 134 valence electrons. The fraction of sp³-hybridized carbons (Fsp3) is 0.722. The fourth-order valence-electron chi connectivity index (χ4n) is 3.39. The van der Waals surface area contributed by atoms with Crippen molar-refractivity contribution in [3.63, 3.8) is 0 Å². The van der Waals surface area contributed by atoms with E-state index in [1.807, 2.05) is 13.8 Å². The maximum Gasteiger partial charge on any atom is 0.273 e. The van der Waals surface area contributed by atoms with Gasteiger partial charge in [0.15, 0.2) is 5.69 Å². The van der Waals surface area contributed by atoms with Crippen LogP contribution in [0.3, 0.4) is 0 Å². The Balaban J connectivity index is 1.89. The van der Waals surface area contributed by atoms with Gasteiger partial charge >= 0.3 is 0 Å². The minimum atomic E-state index is -0.171. The van der Waals surface area contributed by atoms with Gasteiger partial charge in [-0.25, -0.2) is 0 Å². The summed E-state index contributed by atoms with van der Waals surface area (Å²) in [6.07, 6.45) is 5.83. The molecule has 1 aliphatic carbocycles. The lowest BCUT2D eigenvalue weighted by atomic mass is 9.80. The van der Waals surface area contributed by atoms with Crippen LogP contribution in [0.15, 0.2) is 10.6 Å². The molecule has 1 saturated carbocycles. The van der Waals surface area contributed by atoms with Gasteiger partial charge in [0.05, 0.1) is 0 Å². The number of carbonyl (C=O) groups is 2. The van der Waals surface area contributed by atoms with Gasteiger partial charge in [-0.05, 0) is 31.6 Å². The smallest absolute Gasteiger partial charge is 0.273 e. The molecule has 0 radical (unpaired) electrons. The molecule has 1 heterocycles. The zero-order chi connectivity index (χ0) is 17.5. The highest BCUT2D eigenvalue weighted by atomic mass is 16.5. The lowest BCUT2D eigenvalue weighted by Crippen LogP contribution is -2.48. The van der Waals surface area contributed by atoms with Crippen molar-refractivity contribution in [2.75, 3.05) is 0 Å². The fourth-order valence-corrected chi connectivity index (χ4v) is 3.39. The Kier molecular flexibility index (Phi) is 6.82. The molecule has 1 aromatic heterocycles. The first-order chi connectivity index (χ1) is 11.6. The van der Waals surface area contributed by atoms with Crippen LogP contribution >= 0.6 is 0 Å². The van der Waals surface area contributed by atoms with Crippen molar-refractivity contribution >= 4 is 11.8 Å².